The number of amides is 1. The molecule has 0 radical (unpaired) electrons. The number of anilines is 1. The first-order valence-corrected chi connectivity index (χ1v) is 9.15. The summed E-state index contributed by atoms with van der Waals surface area (Å²) in [6, 6.07) is 11.0. The van der Waals surface area contributed by atoms with Crippen molar-refractivity contribution in [1.82, 2.24) is 4.90 Å². The summed E-state index contributed by atoms with van der Waals surface area (Å²) in [5, 5.41) is 3.54. The van der Waals surface area contributed by atoms with Crippen LogP contribution < -0.4 is 14.8 Å². The van der Waals surface area contributed by atoms with Crippen LogP contribution in [0.1, 0.15) is 18.1 Å². The third-order valence-corrected chi connectivity index (χ3v) is 4.53. The lowest BCUT2D eigenvalue weighted by atomic mass is 10.1. The highest BCUT2D eigenvalue weighted by molar-refractivity contribution is 6.30. The largest absolute Gasteiger partial charge is 0.497 e. The highest BCUT2D eigenvalue weighted by Crippen LogP contribution is 2.32. The van der Waals surface area contributed by atoms with Crippen molar-refractivity contribution in [3.63, 3.8) is 0 Å². The summed E-state index contributed by atoms with van der Waals surface area (Å²) >= 11 is 6.23. The number of halogens is 1. The van der Waals surface area contributed by atoms with Gasteiger partial charge in [-0.1, -0.05) is 24.6 Å². The molecule has 2 aromatic carbocycles. The van der Waals surface area contributed by atoms with Crippen LogP contribution in [0, 0.1) is 0 Å². The highest BCUT2D eigenvalue weighted by Gasteiger charge is 2.19. The van der Waals surface area contributed by atoms with Crippen LogP contribution in [0.4, 0.5) is 5.69 Å². The smallest absolute Gasteiger partial charge is 0.238 e. The molecule has 1 amide bonds. The van der Waals surface area contributed by atoms with Crippen molar-refractivity contribution < 1.29 is 19.0 Å². The Morgan fingerprint density at radius 3 is 2.96 bits per heavy atom. The predicted molar refractivity (Wildman–Crippen MR) is 104 cm³/mol. The van der Waals surface area contributed by atoms with E-state index in [-0.39, 0.29) is 19.2 Å². The molecule has 0 spiro atoms. The Kier molecular flexibility index (Phi) is 6.55. The summed E-state index contributed by atoms with van der Waals surface area (Å²) in [5.41, 5.74) is 2.59. The second kappa shape index (κ2) is 9.08. The van der Waals surface area contributed by atoms with Gasteiger partial charge in [0.1, 0.15) is 11.5 Å². The van der Waals surface area contributed by atoms with Gasteiger partial charge in [-0.15, -0.1) is 0 Å². The van der Waals surface area contributed by atoms with Gasteiger partial charge in [0, 0.05) is 34.4 Å². The molecule has 6 nitrogen and oxygen atoms in total. The SMILES string of the molecule is CCN(CC(=O)Nc1cccc(OC)c1)Cc1cc(Cl)cc2c1OCOC2. The van der Waals surface area contributed by atoms with E-state index in [9.17, 15) is 4.79 Å². The Morgan fingerprint density at radius 1 is 1.33 bits per heavy atom. The maximum absolute atomic E-state index is 12.5. The van der Waals surface area contributed by atoms with Crippen LogP contribution >= 0.6 is 11.6 Å². The molecule has 0 saturated carbocycles. The number of carbonyl (C=O) groups excluding carboxylic acids is 1. The molecule has 0 saturated heterocycles. The van der Waals surface area contributed by atoms with E-state index in [1.807, 2.05) is 42.2 Å². The van der Waals surface area contributed by atoms with Crippen molar-refractivity contribution in [2.24, 2.45) is 0 Å². The molecule has 0 atom stereocenters. The van der Waals surface area contributed by atoms with Crippen molar-refractivity contribution in [1.29, 1.82) is 0 Å². The number of fused-ring (bicyclic) bond motifs is 1. The van der Waals surface area contributed by atoms with Gasteiger partial charge >= 0.3 is 0 Å². The van der Waals surface area contributed by atoms with Gasteiger partial charge in [0.15, 0.2) is 6.79 Å². The standard InChI is InChI=1S/C20H23ClN2O4/c1-3-23(11-19(24)22-17-5-4-6-18(9-17)25-2)10-14-7-16(21)8-15-12-26-13-27-20(14)15/h4-9H,3,10-13H2,1-2H3,(H,22,24). The molecule has 3 rings (SSSR count). The Balaban J connectivity index is 1.67. The van der Waals surface area contributed by atoms with E-state index in [4.69, 9.17) is 25.8 Å². The number of nitrogens with zero attached hydrogens (tertiary/aromatic N) is 1. The second-order valence-corrected chi connectivity index (χ2v) is 6.68. The maximum atomic E-state index is 12.5. The maximum Gasteiger partial charge on any atom is 0.238 e. The van der Waals surface area contributed by atoms with E-state index >= 15 is 0 Å². The van der Waals surface area contributed by atoms with E-state index in [0.29, 0.717) is 36.2 Å². The average molecular weight is 391 g/mol. The molecule has 0 aliphatic carbocycles. The lowest BCUT2D eigenvalue weighted by Gasteiger charge is -2.25. The Labute approximate surface area is 164 Å². The van der Waals surface area contributed by atoms with Crippen LogP contribution in [0.15, 0.2) is 36.4 Å². The summed E-state index contributed by atoms with van der Waals surface area (Å²) in [6.45, 7) is 4.24. The molecule has 0 unspecified atom stereocenters. The third kappa shape index (κ3) is 5.13. The summed E-state index contributed by atoms with van der Waals surface area (Å²) in [4.78, 5) is 14.5. The van der Waals surface area contributed by atoms with Crippen molar-refractivity contribution in [3.8, 4) is 11.5 Å². The van der Waals surface area contributed by atoms with Gasteiger partial charge in [0.05, 0.1) is 20.3 Å². The summed E-state index contributed by atoms with van der Waals surface area (Å²) in [6.07, 6.45) is 0. The van der Waals surface area contributed by atoms with Crippen molar-refractivity contribution in [3.05, 3.63) is 52.5 Å². The molecule has 144 valence electrons. The van der Waals surface area contributed by atoms with Crippen molar-refractivity contribution in [2.45, 2.75) is 20.1 Å². The van der Waals surface area contributed by atoms with Crippen LogP contribution in [0.5, 0.6) is 11.5 Å². The van der Waals surface area contributed by atoms with Crippen molar-refractivity contribution in [2.75, 3.05) is 32.3 Å². The zero-order valence-corrected chi connectivity index (χ0v) is 16.2. The normalized spacial score (nSPS) is 13.0. The zero-order chi connectivity index (χ0) is 19.2. The number of ether oxygens (including phenoxy) is 3. The van der Waals surface area contributed by atoms with Crippen molar-refractivity contribution >= 4 is 23.2 Å². The molecule has 1 aliphatic heterocycles. The lowest BCUT2D eigenvalue weighted by Crippen LogP contribution is -2.33. The molecular formula is C20H23ClN2O4. The minimum absolute atomic E-state index is 0.0924. The van der Waals surface area contributed by atoms with Gasteiger partial charge < -0.3 is 19.5 Å². The topological polar surface area (TPSA) is 60.0 Å². The van der Waals surface area contributed by atoms with Gasteiger partial charge in [-0.25, -0.2) is 0 Å². The quantitative estimate of drug-likeness (QED) is 0.781. The fraction of sp³-hybridized carbons (Fsp3) is 0.350. The molecule has 1 N–H and O–H groups in total. The number of hydrogen-bond donors (Lipinski definition) is 1. The molecule has 7 heteroatoms. The van der Waals surface area contributed by atoms with Crippen LogP contribution in [0.2, 0.25) is 5.02 Å². The number of benzene rings is 2. The van der Waals surface area contributed by atoms with E-state index in [0.717, 1.165) is 16.9 Å². The molecule has 27 heavy (non-hydrogen) atoms. The number of carbonyl (C=O) groups is 1. The van der Waals surface area contributed by atoms with E-state index < -0.39 is 0 Å². The summed E-state index contributed by atoms with van der Waals surface area (Å²) in [5.74, 6) is 1.41. The fourth-order valence-corrected chi connectivity index (χ4v) is 3.26. The monoisotopic (exact) mass is 390 g/mol. The second-order valence-electron chi connectivity index (χ2n) is 6.25. The molecule has 1 aliphatic rings. The lowest BCUT2D eigenvalue weighted by molar-refractivity contribution is -0.117. The number of nitrogens with one attached hydrogen (secondary N) is 1. The number of likely N-dealkylation sites (N-methyl/N-ethyl adjacent to an activating group) is 1. The third-order valence-electron chi connectivity index (χ3n) is 4.31. The molecule has 0 aromatic heterocycles. The Morgan fingerprint density at radius 2 is 2.19 bits per heavy atom. The summed E-state index contributed by atoms with van der Waals surface area (Å²) in [7, 11) is 1.60. The van der Waals surface area contributed by atoms with Gasteiger partial charge in [-0.3, -0.25) is 9.69 Å². The first kappa shape index (κ1) is 19.5. The summed E-state index contributed by atoms with van der Waals surface area (Å²) < 4.78 is 16.2. The Hall–Kier alpha value is -2.28. The van der Waals surface area contributed by atoms with Crippen LogP contribution in [-0.2, 0) is 22.7 Å². The molecule has 1 heterocycles. The number of rotatable bonds is 7. The average Bonchev–Trinajstić information content (AvgIpc) is 2.67. The minimum Gasteiger partial charge on any atom is -0.497 e. The van der Waals surface area contributed by atoms with Gasteiger partial charge in [-0.2, -0.15) is 0 Å². The van der Waals surface area contributed by atoms with Crippen LogP contribution in [-0.4, -0.2) is 37.8 Å². The van der Waals surface area contributed by atoms with Crippen LogP contribution in [0.3, 0.4) is 0 Å². The highest BCUT2D eigenvalue weighted by atomic mass is 35.5. The Bertz CT molecular complexity index is 813. The van der Waals surface area contributed by atoms with E-state index in [1.165, 1.54) is 0 Å². The first-order valence-electron chi connectivity index (χ1n) is 8.77. The van der Waals surface area contributed by atoms with E-state index in [1.54, 1.807) is 13.2 Å². The molecule has 2 aromatic rings. The number of methoxy groups -OCH3 is 1. The zero-order valence-electron chi connectivity index (χ0n) is 15.5. The van der Waals surface area contributed by atoms with Gasteiger partial charge in [-0.05, 0) is 30.8 Å². The minimum atomic E-state index is -0.0924. The fourth-order valence-electron chi connectivity index (χ4n) is 3.00. The van der Waals surface area contributed by atoms with Gasteiger partial charge in [0.25, 0.3) is 0 Å². The molecule has 0 bridgehead atoms. The predicted octanol–water partition coefficient (Wildman–Crippen LogP) is 3.68. The number of hydrogen-bond acceptors (Lipinski definition) is 5. The first-order chi connectivity index (χ1) is 13.1. The molecule has 0 fully saturated rings. The van der Waals surface area contributed by atoms with E-state index in [2.05, 4.69) is 5.32 Å². The van der Waals surface area contributed by atoms with Crippen LogP contribution in [0.25, 0.3) is 0 Å². The van der Waals surface area contributed by atoms with Gasteiger partial charge in [0.2, 0.25) is 5.91 Å². The molecular weight excluding hydrogens is 368 g/mol.